The highest BCUT2D eigenvalue weighted by Gasteiger charge is 2.29. The van der Waals surface area contributed by atoms with E-state index in [0.29, 0.717) is 39.3 Å². The van der Waals surface area contributed by atoms with Crippen molar-refractivity contribution in [3.8, 4) is 5.75 Å². The Labute approximate surface area is 176 Å². The first-order chi connectivity index (χ1) is 14.3. The van der Waals surface area contributed by atoms with Crippen molar-refractivity contribution in [2.24, 2.45) is 0 Å². The van der Waals surface area contributed by atoms with Crippen LogP contribution in [-0.2, 0) is 10.0 Å². The molecule has 0 aromatic heterocycles. The molecule has 9 nitrogen and oxygen atoms in total. The van der Waals surface area contributed by atoms with Crippen molar-refractivity contribution in [2.45, 2.75) is 11.8 Å². The van der Waals surface area contributed by atoms with Crippen LogP contribution < -0.4 is 10.1 Å². The maximum atomic E-state index is 12.9. The van der Waals surface area contributed by atoms with Gasteiger partial charge in [0.15, 0.2) is 0 Å². The van der Waals surface area contributed by atoms with E-state index in [0.717, 1.165) is 17.4 Å². The van der Waals surface area contributed by atoms with Gasteiger partial charge >= 0.3 is 0 Å². The van der Waals surface area contributed by atoms with Crippen molar-refractivity contribution in [1.82, 2.24) is 9.21 Å². The molecule has 0 unspecified atom stereocenters. The SMILES string of the molecule is Cc1cccc(OCCNc2ccc(S(=O)(=O)N3CCN(C)CC3)cc2[N+](=O)[O-])c1. The maximum absolute atomic E-state index is 12.9. The van der Waals surface area contributed by atoms with Gasteiger partial charge in [-0.25, -0.2) is 8.42 Å². The Morgan fingerprint density at radius 2 is 1.87 bits per heavy atom. The quantitative estimate of drug-likeness (QED) is 0.386. The number of piperazine rings is 1. The van der Waals surface area contributed by atoms with Gasteiger partial charge in [-0.3, -0.25) is 10.1 Å². The van der Waals surface area contributed by atoms with Crippen LogP contribution in [0.15, 0.2) is 47.4 Å². The number of hydrogen-bond donors (Lipinski definition) is 1. The van der Waals surface area contributed by atoms with E-state index in [1.54, 1.807) is 0 Å². The van der Waals surface area contributed by atoms with E-state index >= 15 is 0 Å². The minimum atomic E-state index is -3.77. The van der Waals surface area contributed by atoms with Crippen molar-refractivity contribution in [1.29, 1.82) is 0 Å². The van der Waals surface area contributed by atoms with Crippen LogP contribution in [0.25, 0.3) is 0 Å². The van der Waals surface area contributed by atoms with Crippen molar-refractivity contribution in [2.75, 3.05) is 51.7 Å². The molecule has 3 rings (SSSR count). The Bertz CT molecular complexity index is 1000. The molecule has 0 bridgehead atoms. The van der Waals surface area contributed by atoms with Gasteiger partial charge in [0, 0.05) is 38.8 Å². The summed E-state index contributed by atoms with van der Waals surface area (Å²) in [5, 5.41) is 14.5. The number of anilines is 1. The Hall–Kier alpha value is -2.69. The molecule has 1 saturated heterocycles. The van der Waals surface area contributed by atoms with E-state index in [2.05, 4.69) is 5.32 Å². The third kappa shape index (κ3) is 5.26. The molecular weight excluding hydrogens is 408 g/mol. The largest absolute Gasteiger partial charge is 0.492 e. The van der Waals surface area contributed by atoms with E-state index in [4.69, 9.17) is 4.74 Å². The van der Waals surface area contributed by atoms with Gasteiger partial charge in [0.2, 0.25) is 10.0 Å². The molecule has 1 N–H and O–H groups in total. The number of nitro groups is 1. The molecule has 30 heavy (non-hydrogen) atoms. The summed E-state index contributed by atoms with van der Waals surface area (Å²) in [6, 6.07) is 11.6. The highest BCUT2D eigenvalue weighted by molar-refractivity contribution is 7.89. The van der Waals surface area contributed by atoms with Crippen molar-refractivity contribution < 1.29 is 18.1 Å². The van der Waals surface area contributed by atoms with E-state index in [-0.39, 0.29) is 16.3 Å². The van der Waals surface area contributed by atoms with E-state index in [1.165, 1.54) is 16.4 Å². The zero-order chi connectivity index (χ0) is 21.7. The molecule has 2 aromatic rings. The lowest BCUT2D eigenvalue weighted by molar-refractivity contribution is -0.384. The second kappa shape index (κ2) is 9.41. The van der Waals surface area contributed by atoms with Crippen molar-refractivity contribution in [3.05, 3.63) is 58.1 Å². The number of nitrogens with one attached hydrogen (secondary N) is 1. The van der Waals surface area contributed by atoms with Crippen LogP contribution in [0.1, 0.15) is 5.56 Å². The fourth-order valence-corrected chi connectivity index (χ4v) is 4.65. The first kappa shape index (κ1) is 22.0. The summed E-state index contributed by atoms with van der Waals surface area (Å²) in [4.78, 5) is 12.9. The number of nitro benzene ring substituents is 1. The van der Waals surface area contributed by atoms with Crippen LogP contribution in [0.5, 0.6) is 5.75 Å². The minimum absolute atomic E-state index is 0.0692. The predicted octanol–water partition coefficient (Wildman–Crippen LogP) is 2.33. The molecule has 0 spiro atoms. The lowest BCUT2D eigenvalue weighted by Crippen LogP contribution is -2.47. The van der Waals surface area contributed by atoms with Crippen LogP contribution in [0.4, 0.5) is 11.4 Å². The predicted molar refractivity (Wildman–Crippen MR) is 115 cm³/mol. The Kier molecular flexibility index (Phi) is 6.91. The Morgan fingerprint density at radius 1 is 1.13 bits per heavy atom. The molecule has 0 radical (unpaired) electrons. The van der Waals surface area contributed by atoms with Gasteiger partial charge < -0.3 is 15.0 Å². The summed E-state index contributed by atoms with van der Waals surface area (Å²) < 4.78 is 32.7. The Morgan fingerprint density at radius 3 is 2.53 bits per heavy atom. The summed E-state index contributed by atoms with van der Waals surface area (Å²) in [7, 11) is -1.85. The average Bonchev–Trinajstić information content (AvgIpc) is 2.71. The molecule has 1 fully saturated rings. The molecule has 1 aliphatic rings. The van der Waals surface area contributed by atoms with Crippen LogP contribution in [-0.4, -0.2) is 68.9 Å². The van der Waals surface area contributed by atoms with Crippen molar-refractivity contribution in [3.63, 3.8) is 0 Å². The van der Waals surface area contributed by atoms with Gasteiger partial charge in [0.1, 0.15) is 18.0 Å². The number of likely N-dealkylation sites (N-methyl/N-ethyl adjacent to an activating group) is 1. The van der Waals surface area contributed by atoms with E-state index < -0.39 is 14.9 Å². The summed E-state index contributed by atoms with van der Waals surface area (Å²) in [6.07, 6.45) is 0. The maximum Gasteiger partial charge on any atom is 0.293 e. The zero-order valence-corrected chi connectivity index (χ0v) is 17.9. The highest BCUT2D eigenvalue weighted by Crippen LogP contribution is 2.29. The van der Waals surface area contributed by atoms with E-state index in [1.807, 2.05) is 43.1 Å². The molecule has 10 heteroatoms. The van der Waals surface area contributed by atoms with E-state index in [9.17, 15) is 18.5 Å². The summed E-state index contributed by atoms with van der Waals surface area (Å²) in [5.41, 5.74) is 1.05. The fourth-order valence-electron chi connectivity index (χ4n) is 3.21. The third-order valence-corrected chi connectivity index (χ3v) is 6.84. The number of nitrogens with zero attached hydrogens (tertiary/aromatic N) is 3. The van der Waals surface area contributed by atoms with Crippen LogP contribution in [0, 0.1) is 17.0 Å². The van der Waals surface area contributed by atoms with Gasteiger partial charge in [-0.05, 0) is 43.8 Å². The smallest absolute Gasteiger partial charge is 0.293 e. The molecule has 0 saturated carbocycles. The van der Waals surface area contributed by atoms with Crippen molar-refractivity contribution >= 4 is 21.4 Å². The van der Waals surface area contributed by atoms with Gasteiger partial charge in [-0.15, -0.1) is 0 Å². The average molecular weight is 435 g/mol. The fraction of sp³-hybridized carbons (Fsp3) is 0.400. The van der Waals surface area contributed by atoms with Gasteiger partial charge in [-0.1, -0.05) is 12.1 Å². The minimum Gasteiger partial charge on any atom is -0.492 e. The molecule has 2 aromatic carbocycles. The molecule has 162 valence electrons. The molecule has 0 aliphatic carbocycles. The monoisotopic (exact) mass is 434 g/mol. The zero-order valence-electron chi connectivity index (χ0n) is 17.1. The van der Waals surface area contributed by atoms with Gasteiger partial charge in [0.05, 0.1) is 9.82 Å². The number of hydrogen-bond acceptors (Lipinski definition) is 7. The number of sulfonamides is 1. The highest BCUT2D eigenvalue weighted by atomic mass is 32.2. The molecule has 1 heterocycles. The second-order valence-corrected chi connectivity index (χ2v) is 9.17. The third-order valence-electron chi connectivity index (χ3n) is 4.94. The molecule has 0 atom stereocenters. The Balaban J connectivity index is 1.68. The molecular formula is C20H26N4O5S. The van der Waals surface area contributed by atoms with Gasteiger partial charge in [-0.2, -0.15) is 4.31 Å². The second-order valence-electron chi connectivity index (χ2n) is 7.24. The molecule has 1 aliphatic heterocycles. The normalized spacial score (nSPS) is 15.7. The van der Waals surface area contributed by atoms with Crippen LogP contribution >= 0.6 is 0 Å². The summed E-state index contributed by atoms with van der Waals surface area (Å²) in [5.74, 6) is 0.722. The number of rotatable bonds is 8. The summed E-state index contributed by atoms with van der Waals surface area (Å²) >= 11 is 0. The summed E-state index contributed by atoms with van der Waals surface area (Å²) in [6.45, 7) is 4.59. The lowest BCUT2D eigenvalue weighted by atomic mass is 10.2. The topological polar surface area (TPSA) is 105 Å². The molecule has 0 amide bonds. The lowest BCUT2D eigenvalue weighted by Gasteiger charge is -2.31. The number of ether oxygens (including phenoxy) is 1. The first-order valence-electron chi connectivity index (χ1n) is 9.68. The standard InChI is InChI=1S/C20H26N4O5S/c1-16-4-3-5-17(14-16)29-13-8-21-19-7-6-18(15-20(19)24(25)26)30(27,28)23-11-9-22(2)10-12-23/h3-7,14-15,21H,8-13H2,1-2H3. The first-order valence-corrected chi connectivity index (χ1v) is 11.1. The number of aryl methyl sites for hydroxylation is 1. The van der Waals surface area contributed by atoms with Gasteiger partial charge in [0.25, 0.3) is 5.69 Å². The van der Waals surface area contributed by atoms with Crippen LogP contribution in [0.2, 0.25) is 0 Å². The van der Waals surface area contributed by atoms with Crippen LogP contribution in [0.3, 0.4) is 0 Å². The number of benzene rings is 2.